The molecule has 0 aromatic rings. The molecule has 4 heterocycles. The molecule has 0 spiro atoms. The molecule has 16 nitrogen and oxygen atoms in total. The number of rotatable bonds is 11. The number of nitrogens with zero attached hydrogens (tertiary/aromatic N) is 4. The molecule has 4 saturated carbocycles. The molecule has 4 aliphatic heterocycles. The van der Waals surface area contributed by atoms with Crippen LogP contribution in [0.5, 0.6) is 0 Å². The van der Waals surface area contributed by atoms with E-state index in [0.29, 0.717) is 25.7 Å². The third-order valence-corrected chi connectivity index (χ3v) is 17.4. The number of esters is 4. The second kappa shape index (κ2) is 26.9. The molecule has 8 fully saturated rings. The first-order valence-corrected chi connectivity index (χ1v) is 29.7. The molecule has 2 unspecified atom stereocenters. The van der Waals surface area contributed by atoms with Crippen LogP contribution in [0.1, 0.15) is 278 Å². The molecule has 4 saturated heterocycles. The SMILES string of the molecule is C1CCC1.C1CCC1.C1CCC1.C1CCC1.CC1(C)CC(OC(=O)CC(C(=O)OC2CC(C)(C)N(O)C(C)(C)C2)C(CC(=O)OC2CC(C)(C)N(O)C(C)(C)C2)C(=O)OC2CC(C)(C)N(O)C(C)(C)C2)CC(C)(C)N1O. The first kappa shape index (κ1) is 66.1. The summed E-state index contributed by atoms with van der Waals surface area (Å²) in [5, 5.41) is 48.8. The van der Waals surface area contributed by atoms with E-state index in [0.717, 1.165) is 0 Å². The molecule has 4 aliphatic carbocycles. The summed E-state index contributed by atoms with van der Waals surface area (Å²) in [5.41, 5.74) is -6.16. The van der Waals surface area contributed by atoms with Crippen LogP contribution >= 0.6 is 0 Å². The van der Waals surface area contributed by atoms with Gasteiger partial charge in [0.1, 0.15) is 24.4 Å². The fourth-order valence-electron chi connectivity index (χ4n) is 12.2. The third kappa shape index (κ3) is 18.8. The molecule has 0 aromatic carbocycles. The zero-order chi connectivity index (χ0) is 57.3. The number of ether oxygens (including phenoxy) is 4. The molecule has 0 amide bonds. The highest BCUT2D eigenvalue weighted by Crippen LogP contribution is 2.43. The second-order valence-corrected chi connectivity index (χ2v) is 29.0. The van der Waals surface area contributed by atoms with Gasteiger partial charge in [0.05, 0.1) is 24.7 Å². The third-order valence-electron chi connectivity index (χ3n) is 17.4. The van der Waals surface area contributed by atoms with E-state index in [-0.39, 0.29) is 25.7 Å². The average Bonchev–Trinajstić information content (AvgIpc) is 3.15. The van der Waals surface area contributed by atoms with Gasteiger partial charge in [-0.15, -0.1) is 0 Å². The monoisotopic (exact) mass is 1080 g/mol. The Morgan fingerprint density at radius 1 is 0.316 bits per heavy atom. The minimum absolute atomic E-state index is 0.246. The lowest BCUT2D eigenvalue weighted by atomic mass is 9.79. The Hall–Kier alpha value is -2.44. The predicted molar refractivity (Wildman–Crippen MR) is 294 cm³/mol. The lowest BCUT2D eigenvalue weighted by Crippen LogP contribution is -2.61. The fraction of sp³-hybridized carbons (Fsp3) is 0.933. The number of piperidine rings is 4. The van der Waals surface area contributed by atoms with Crippen LogP contribution < -0.4 is 0 Å². The molecule has 16 heteroatoms. The highest BCUT2D eigenvalue weighted by Gasteiger charge is 2.52. The maximum absolute atomic E-state index is 14.7. The van der Waals surface area contributed by atoms with Crippen molar-refractivity contribution in [2.75, 3.05) is 0 Å². The summed E-state index contributed by atoms with van der Waals surface area (Å²) in [6.07, 6.45) is 22.2. The van der Waals surface area contributed by atoms with Gasteiger partial charge in [0.25, 0.3) is 0 Å². The number of hydrogen-bond donors (Lipinski definition) is 4. The summed E-state index contributed by atoms with van der Waals surface area (Å²) in [5.74, 6) is -6.44. The number of carbonyl (C=O) groups is 4. The van der Waals surface area contributed by atoms with Crippen LogP contribution in [0.25, 0.3) is 0 Å². The Morgan fingerprint density at radius 2 is 0.461 bits per heavy atom. The molecule has 76 heavy (non-hydrogen) atoms. The molecule has 0 aromatic heterocycles. The maximum atomic E-state index is 14.7. The maximum Gasteiger partial charge on any atom is 0.310 e. The minimum atomic E-state index is -1.54. The smallest absolute Gasteiger partial charge is 0.310 e. The summed E-state index contributed by atoms with van der Waals surface area (Å²) in [7, 11) is 0. The normalized spacial score (nSPS) is 27.4. The number of hydrogen-bond acceptors (Lipinski definition) is 16. The largest absolute Gasteiger partial charge is 0.462 e. The predicted octanol–water partition coefficient (Wildman–Crippen LogP) is 13.1. The standard InChI is InChI=1S/C44H78N4O12.4C4H8/c1-37(2)19-27(20-38(3,4)45(37)53)57-33(49)17-31(35(51)59-29-23-41(9,10)47(55)42(11,12)24-29)32(36(52)60-30-25-43(13,14)48(56)44(15,16)26-30)18-34(50)58-28-21-39(5,6)46(54)40(7,8)22-28;4*1-2-4-3-1/h27-32,53-56H,17-26H2,1-16H3;4*1-4H2. The molecular formula is C60H110N4O12. The van der Waals surface area contributed by atoms with E-state index in [2.05, 4.69) is 0 Å². The highest BCUT2D eigenvalue weighted by molar-refractivity contribution is 5.89. The second-order valence-electron chi connectivity index (χ2n) is 29.0. The molecular weight excluding hydrogens is 969 g/mol. The highest BCUT2D eigenvalue weighted by atomic mass is 16.6. The lowest BCUT2D eigenvalue weighted by Gasteiger charge is -2.51. The van der Waals surface area contributed by atoms with Crippen molar-refractivity contribution >= 4 is 23.9 Å². The van der Waals surface area contributed by atoms with Gasteiger partial charge in [0.2, 0.25) is 0 Å². The van der Waals surface area contributed by atoms with Crippen LogP contribution in [0.4, 0.5) is 0 Å². The molecule has 4 N–H and O–H groups in total. The van der Waals surface area contributed by atoms with Gasteiger partial charge in [-0.05, 0) is 111 Å². The van der Waals surface area contributed by atoms with Crippen LogP contribution in [-0.2, 0) is 38.1 Å². The van der Waals surface area contributed by atoms with Crippen LogP contribution in [0.15, 0.2) is 0 Å². The molecule has 442 valence electrons. The summed E-state index contributed by atoms with van der Waals surface area (Å²) >= 11 is 0. The Bertz CT molecular complexity index is 1630. The van der Waals surface area contributed by atoms with Crippen molar-refractivity contribution in [1.82, 2.24) is 20.3 Å². The molecule has 0 bridgehead atoms. The summed E-state index contributed by atoms with van der Waals surface area (Å²) in [6.45, 7) is 29.3. The quantitative estimate of drug-likeness (QED) is 0.112. The van der Waals surface area contributed by atoms with Gasteiger partial charge in [-0.25, -0.2) is 0 Å². The van der Waals surface area contributed by atoms with Gasteiger partial charge in [-0.1, -0.05) is 103 Å². The van der Waals surface area contributed by atoms with Crippen molar-refractivity contribution in [2.45, 2.75) is 346 Å². The van der Waals surface area contributed by atoms with E-state index in [1.54, 1.807) is 0 Å². The fourth-order valence-corrected chi connectivity index (χ4v) is 12.2. The first-order valence-electron chi connectivity index (χ1n) is 29.7. The number of carbonyl (C=O) groups excluding carboxylic acids is 4. The van der Waals surface area contributed by atoms with Crippen molar-refractivity contribution in [2.24, 2.45) is 11.8 Å². The molecule has 0 radical (unpaired) electrons. The van der Waals surface area contributed by atoms with Crippen molar-refractivity contribution in [3.8, 4) is 0 Å². The van der Waals surface area contributed by atoms with E-state index >= 15 is 0 Å². The zero-order valence-corrected chi connectivity index (χ0v) is 50.7. The van der Waals surface area contributed by atoms with E-state index in [9.17, 15) is 40.0 Å². The van der Waals surface area contributed by atoms with Gasteiger partial charge in [0, 0.05) is 95.7 Å². The van der Waals surface area contributed by atoms with Crippen LogP contribution in [0.3, 0.4) is 0 Å². The first-order chi connectivity index (χ1) is 34.9. The van der Waals surface area contributed by atoms with Gasteiger partial charge in [-0.3, -0.25) is 19.2 Å². The molecule has 2 atom stereocenters. The Balaban J connectivity index is 0.000000657. The Kier molecular flexibility index (Phi) is 23.4. The summed E-state index contributed by atoms with van der Waals surface area (Å²) in [4.78, 5) is 57.5. The zero-order valence-electron chi connectivity index (χ0n) is 50.7. The van der Waals surface area contributed by atoms with Crippen LogP contribution in [0, 0.1) is 11.8 Å². The Labute approximate surface area is 459 Å². The average molecular weight is 1080 g/mol. The van der Waals surface area contributed by atoms with E-state index in [1.165, 1.54) is 123 Å². The summed E-state index contributed by atoms with van der Waals surface area (Å²) in [6, 6.07) is 0. The Morgan fingerprint density at radius 3 is 0.605 bits per heavy atom. The summed E-state index contributed by atoms with van der Waals surface area (Å²) < 4.78 is 24.4. The van der Waals surface area contributed by atoms with E-state index in [4.69, 9.17) is 18.9 Å². The van der Waals surface area contributed by atoms with Crippen molar-refractivity contribution in [3.63, 3.8) is 0 Å². The van der Waals surface area contributed by atoms with E-state index < -0.39 is 117 Å². The molecule has 8 aliphatic rings. The van der Waals surface area contributed by atoms with Crippen molar-refractivity contribution in [1.29, 1.82) is 0 Å². The van der Waals surface area contributed by atoms with Crippen molar-refractivity contribution in [3.05, 3.63) is 0 Å². The van der Waals surface area contributed by atoms with E-state index in [1.807, 2.05) is 111 Å². The molecule has 8 rings (SSSR count). The van der Waals surface area contributed by atoms with Gasteiger partial charge < -0.3 is 39.8 Å². The van der Waals surface area contributed by atoms with Crippen molar-refractivity contribution < 1.29 is 59.0 Å². The van der Waals surface area contributed by atoms with Crippen LogP contribution in [-0.4, -0.2) is 134 Å². The topological polar surface area (TPSA) is 199 Å². The minimum Gasteiger partial charge on any atom is -0.462 e. The lowest BCUT2D eigenvalue weighted by molar-refractivity contribution is -0.262. The number of hydroxylamine groups is 8. The van der Waals surface area contributed by atoms with Crippen LogP contribution in [0.2, 0.25) is 0 Å². The van der Waals surface area contributed by atoms with Gasteiger partial charge in [-0.2, -0.15) is 20.3 Å². The van der Waals surface area contributed by atoms with Gasteiger partial charge in [0.15, 0.2) is 0 Å². The van der Waals surface area contributed by atoms with Gasteiger partial charge >= 0.3 is 23.9 Å².